The van der Waals surface area contributed by atoms with Gasteiger partial charge in [-0.15, -0.1) is 0 Å². The van der Waals surface area contributed by atoms with E-state index in [0.29, 0.717) is 13.0 Å². The molecule has 2 rings (SSSR count). The van der Waals surface area contributed by atoms with Gasteiger partial charge in [0.1, 0.15) is 0 Å². The van der Waals surface area contributed by atoms with Gasteiger partial charge in [0, 0.05) is 58.2 Å². The lowest BCUT2D eigenvalue weighted by Crippen LogP contribution is -2.32. The Morgan fingerprint density at radius 2 is 1.67 bits per heavy atom. The minimum atomic E-state index is 0.283. The number of anilines is 1. The molecule has 1 aromatic heterocycles. The highest BCUT2D eigenvalue weighted by molar-refractivity contribution is 5.76. The minimum Gasteiger partial charge on any atom is -0.378 e. The molecule has 30 heavy (non-hydrogen) atoms. The van der Waals surface area contributed by atoms with Crippen LogP contribution in [-0.2, 0) is 17.9 Å². The Bertz CT molecular complexity index is 694. The van der Waals surface area contributed by atoms with Crippen LogP contribution in [0.4, 0.5) is 5.69 Å². The molecule has 166 valence electrons. The predicted octanol–water partition coefficient (Wildman–Crippen LogP) is 5.51. The standard InChI is InChI=1S/C25H40N4O/c1-4-5-6-7-8-9-10-12-25(30)29(19-11-18-28-20-17-26-22-28)21-23-13-15-24(16-14-23)27(2)3/h13-17,20,22H,4-12,18-19,21H2,1-3H3. The van der Waals surface area contributed by atoms with E-state index in [1.165, 1.54) is 43.4 Å². The molecule has 5 heteroatoms. The first-order valence-electron chi connectivity index (χ1n) is 11.6. The largest absolute Gasteiger partial charge is 0.378 e. The molecule has 0 bridgehead atoms. The Balaban J connectivity index is 1.84. The van der Waals surface area contributed by atoms with E-state index in [9.17, 15) is 4.79 Å². The average molecular weight is 413 g/mol. The Morgan fingerprint density at radius 1 is 0.967 bits per heavy atom. The number of carbonyl (C=O) groups is 1. The summed E-state index contributed by atoms with van der Waals surface area (Å²) in [7, 11) is 4.09. The number of carbonyl (C=O) groups excluding carboxylic acids is 1. The summed E-state index contributed by atoms with van der Waals surface area (Å²) in [5.41, 5.74) is 2.37. The summed E-state index contributed by atoms with van der Waals surface area (Å²) >= 11 is 0. The number of aromatic nitrogens is 2. The third-order valence-corrected chi connectivity index (χ3v) is 5.58. The number of hydrogen-bond donors (Lipinski definition) is 0. The third-order valence-electron chi connectivity index (χ3n) is 5.58. The topological polar surface area (TPSA) is 41.4 Å². The van der Waals surface area contributed by atoms with Crippen molar-refractivity contribution in [1.82, 2.24) is 14.5 Å². The smallest absolute Gasteiger partial charge is 0.222 e. The fourth-order valence-corrected chi connectivity index (χ4v) is 3.67. The van der Waals surface area contributed by atoms with E-state index < -0.39 is 0 Å². The molecule has 1 aromatic carbocycles. The van der Waals surface area contributed by atoms with E-state index in [2.05, 4.69) is 45.6 Å². The second-order valence-electron chi connectivity index (χ2n) is 8.40. The van der Waals surface area contributed by atoms with Gasteiger partial charge in [-0.1, -0.05) is 57.6 Å². The minimum absolute atomic E-state index is 0.283. The number of benzene rings is 1. The lowest BCUT2D eigenvalue weighted by Gasteiger charge is -2.24. The van der Waals surface area contributed by atoms with Gasteiger partial charge < -0.3 is 14.4 Å². The first-order chi connectivity index (χ1) is 14.6. The van der Waals surface area contributed by atoms with Crippen molar-refractivity contribution < 1.29 is 4.79 Å². The fourth-order valence-electron chi connectivity index (χ4n) is 3.67. The highest BCUT2D eigenvalue weighted by Crippen LogP contribution is 2.16. The lowest BCUT2D eigenvalue weighted by atomic mass is 10.1. The van der Waals surface area contributed by atoms with Crippen LogP contribution in [0.5, 0.6) is 0 Å². The van der Waals surface area contributed by atoms with E-state index in [1.54, 1.807) is 6.20 Å². The number of nitrogens with zero attached hydrogens (tertiary/aromatic N) is 4. The Hall–Kier alpha value is -2.30. The summed E-state index contributed by atoms with van der Waals surface area (Å²) in [5.74, 6) is 0.283. The van der Waals surface area contributed by atoms with Crippen molar-refractivity contribution in [2.45, 2.75) is 77.8 Å². The predicted molar refractivity (Wildman–Crippen MR) is 126 cm³/mol. The second-order valence-corrected chi connectivity index (χ2v) is 8.40. The molecule has 0 saturated heterocycles. The number of unbranched alkanes of at least 4 members (excludes halogenated alkanes) is 6. The van der Waals surface area contributed by atoms with Crippen molar-refractivity contribution in [3.05, 3.63) is 48.5 Å². The maximum Gasteiger partial charge on any atom is 0.222 e. The molecular weight excluding hydrogens is 372 g/mol. The molecule has 2 aromatic rings. The van der Waals surface area contributed by atoms with Gasteiger partial charge in [-0.2, -0.15) is 0 Å². The summed E-state index contributed by atoms with van der Waals surface area (Å²) in [6, 6.07) is 8.53. The third kappa shape index (κ3) is 9.02. The van der Waals surface area contributed by atoms with Crippen LogP contribution in [0.25, 0.3) is 0 Å². The molecule has 0 aliphatic carbocycles. The van der Waals surface area contributed by atoms with Gasteiger partial charge >= 0.3 is 0 Å². The molecule has 0 spiro atoms. The summed E-state index contributed by atoms with van der Waals surface area (Å²) in [6.45, 7) is 4.60. The highest BCUT2D eigenvalue weighted by Gasteiger charge is 2.14. The van der Waals surface area contributed by atoms with Gasteiger partial charge in [-0.25, -0.2) is 4.98 Å². The van der Waals surface area contributed by atoms with Crippen molar-refractivity contribution in [2.75, 3.05) is 25.5 Å². The van der Waals surface area contributed by atoms with Gasteiger partial charge in [0.15, 0.2) is 0 Å². The van der Waals surface area contributed by atoms with E-state index in [0.717, 1.165) is 32.4 Å². The Labute approximate surface area is 183 Å². The second kappa shape index (κ2) is 13.8. The zero-order valence-electron chi connectivity index (χ0n) is 19.2. The van der Waals surface area contributed by atoms with E-state index in [1.807, 2.05) is 31.5 Å². The molecule has 1 heterocycles. The van der Waals surface area contributed by atoms with Crippen LogP contribution >= 0.6 is 0 Å². The lowest BCUT2D eigenvalue weighted by molar-refractivity contribution is -0.132. The molecule has 0 saturated carbocycles. The molecule has 0 N–H and O–H groups in total. The normalized spacial score (nSPS) is 10.9. The maximum absolute atomic E-state index is 12.9. The zero-order chi connectivity index (χ0) is 21.6. The molecule has 0 unspecified atom stereocenters. The number of rotatable bonds is 15. The van der Waals surface area contributed by atoms with Crippen LogP contribution in [0.3, 0.4) is 0 Å². The Morgan fingerprint density at radius 3 is 2.30 bits per heavy atom. The van der Waals surface area contributed by atoms with Gasteiger partial charge in [-0.3, -0.25) is 4.79 Å². The molecule has 5 nitrogen and oxygen atoms in total. The fraction of sp³-hybridized carbons (Fsp3) is 0.600. The number of amides is 1. The highest BCUT2D eigenvalue weighted by atomic mass is 16.2. The molecule has 0 aliphatic heterocycles. The van der Waals surface area contributed by atoms with Crippen molar-refractivity contribution >= 4 is 11.6 Å². The van der Waals surface area contributed by atoms with Crippen molar-refractivity contribution in [3.8, 4) is 0 Å². The zero-order valence-corrected chi connectivity index (χ0v) is 19.2. The first kappa shape index (κ1) is 24.0. The molecule has 0 aliphatic rings. The van der Waals surface area contributed by atoms with Crippen molar-refractivity contribution in [3.63, 3.8) is 0 Å². The van der Waals surface area contributed by atoms with Crippen LogP contribution < -0.4 is 4.90 Å². The summed E-state index contributed by atoms with van der Waals surface area (Å²) in [4.78, 5) is 21.2. The monoisotopic (exact) mass is 412 g/mol. The summed E-state index contributed by atoms with van der Waals surface area (Å²) in [6.07, 6.45) is 15.9. The quantitative estimate of drug-likeness (QED) is 0.362. The van der Waals surface area contributed by atoms with Gasteiger partial charge in [0.2, 0.25) is 5.91 Å². The van der Waals surface area contributed by atoms with Crippen LogP contribution in [-0.4, -0.2) is 41.0 Å². The van der Waals surface area contributed by atoms with E-state index in [-0.39, 0.29) is 5.91 Å². The van der Waals surface area contributed by atoms with Gasteiger partial charge in [0.05, 0.1) is 6.33 Å². The number of imidazole rings is 1. The Kier molecular flexibility index (Phi) is 11.1. The number of hydrogen-bond acceptors (Lipinski definition) is 3. The van der Waals surface area contributed by atoms with E-state index >= 15 is 0 Å². The summed E-state index contributed by atoms with van der Waals surface area (Å²) < 4.78 is 2.07. The molecule has 0 atom stereocenters. The molecule has 0 radical (unpaired) electrons. The van der Waals surface area contributed by atoms with Crippen LogP contribution in [0.1, 0.15) is 70.3 Å². The molecule has 0 fully saturated rings. The number of aryl methyl sites for hydroxylation is 1. The van der Waals surface area contributed by atoms with Crippen molar-refractivity contribution in [1.29, 1.82) is 0 Å². The SMILES string of the molecule is CCCCCCCCCC(=O)N(CCCn1ccnc1)Cc1ccc(N(C)C)cc1. The van der Waals surface area contributed by atoms with Gasteiger partial charge in [-0.05, 0) is 30.5 Å². The average Bonchev–Trinajstić information content (AvgIpc) is 3.26. The first-order valence-corrected chi connectivity index (χ1v) is 11.6. The van der Waals surface area contributed by atoms with Crippen LogP contribution in [0, 0.1) is 0 Å². The van der Waals surface area contributed by atoms with Crippen LogP contribution in [0.15, 0.2) is 43.0 Å². The van der Waals surface area contributed by atoms with E-state index in [4.69, 9.17) is 0 Å². The van der Waals surface area contributed by atoms with Crippen molar-refractivity contribution in [2.24, 2.45) is 0 Å². The molecular formula is C25H40N4O. The summed E-state index contributed by atoms with van der Waals surface area (Å²) in [5, 5.41) is 0. The maximum atomic E-state index is 12.9. The van der Waals surface area contributed by atoms with Crippen LogP contribution in [0.2, 0.25) is 0 Å². The molecule has 1 amide bonds. The van der Waals surface area contributed by atoms with Gasteiger partial charge in [0.25, 0.3) is 0 Å².